The molecular weight excluding hydrogens is 389 g/mol. The number of nitrogens with zero attached hydrogens (tertiary/aromatic N) is 1. The average molecular weight is 412 g/mol. The van der Waals surface area contributed by atoms with Gasteiger partial charge in [0.1, 0.15) is 6.10 Å². The van der Waals surface area contributed by atoms with Gasteiger partial charge in [-0.2, -0.15) is 0 Å². The van der Waals surface area contributed by atoms with E-state index in [9.17, 15) is 0 Å². The Morgan fingerprint density at radius 3 is 1.96 bits per heavy atom. The first-order valence-electron chi connectivity index (χ1n) is 9.60. The maximum atomic E-state index is 6.60. The van der Waals surface area contributed by atoms with Crippen LogP contribution >= 0.6 is 23.2 Å². The zero-order valence-corrected chi connectivity index (χ0v) is 17.1. The molecule has 4 rings (SSSR count). The summed E-state index contributed by atoms with van der Waals surface area (Å²) in [4.78, 5) is 2.46. The van der Waals surface area contributed by atoms with E-state index >= 15 is 0 Å². The van der Waals surface area contributed by atoms with Crippen LogP contribution in [0, 0.1) is 0 Å². The fourth-order valence-corrected chi connectivity index (χ4v) is 3.96. The summed E-state index contributed by atoms with van der Waals surface area (Å²) >= 11 is 12.2. The van der Waals surface area contributed by atoms with Crippen molar-refractivity contribution in [3.63, 3.8) is 0 Å². The second-order valence-electron chi connectivity index (χ2n) is 7.25. The molecule has 0 aliphatic carbocycles. The Morgan fingerprint density at radius 2 is 1.39 bits per heavy atom. The van der Waals surface area contributed by atoms with Crippen LogP contribution in [-0.4, -0.2) is 24.1 Å². The summed E-state index contributed by atoms with van der Waals surface area (Å²) in [5, 5.41) is 1.46. The largest absolute Gasteiger partial charge is 0.364 e. The Kier molecular flexibility index (Phi) is 6.33. The second-order valence-corrected chi connectivity index (χ2v) is 8.12. The zero-order chi connectivity index (χ0) is 19.3. The molecule has 1 aliphatic heterocycles. The standard InChI is InChI=1S/C24H23Cl2NO/c25-21-10-6-19(7-11-21)24(20-8-12-22(26)13-9-20)28-23-14-15-27(17-23)16-18-4-2-1-3-5-18/h1-13,23-24H,14-17H2/t23-/m1/s1. The number of halogens is 2. The highest BCUT2D eigenvalue weighted by Gasteiger charge is 2.27. The first-order chi connectivity index (χ1) is 13.7. The van der Waals surface area contributed by atoms with Crippen LogP contribution in [0.2, 0.25) is 10.0 Å². The van der Waals surface area contributed by atoms with Gasteiger partial charge in [0.15, 0.2) is 0 Å². The van der Waals surface area contributed by atoms with Crippen LogP contribution in [0.1, 0.15) is 29.2 Å². The summed E-state index contributed by atoms with van der Waals surface area (Å²) in [6, 6.07) is 26.4. The Morgan fingerprint density at radius 1 is 0.821 bits per heavy atom. The van der Waals surface area contributed by atoms with Crippen LogP contribution in [0.25, 0.3) is 0 Å². The Labute approximate surface area is 176 Å². The number of hydrogen-bond donors (Lipinski definition) is 0. The summed E-state index contributed by atoms with van der Waals surface area (Å²) in [7, 11) is 0. The van der Waals surface area contributed by atoms with Crippen molar-refractivity contribution in [2.75, 3.05) is 13.1 Å². The van der Waals surface area contributed by atoms with E-state index in [1.807, 2.05) is 48.5 Å². The van der Waals surface area contributed by atoms with E-state index < -0.39 is 0 Å². The quantitative estimate of drug-likeness (QED) is 0.466. The molecule has 3 aromatic rings. The number of rotatable bonds is 6. The zero-order valence-electron chi connectivity index (χ0n) is 15.6. The Bertz CT molecular complexity index is 835. The van der Waals surface area contributed by atoms with Crippen molar-refractivity contribution < 1.29 is 4.74 Å². The highest BCUT2D eigenvalue weighted by atomic mass is 35.5. The van der Waals surface area contributed by atoms with Gasteiger partial charge in [0, 0.05) is 29.7 Å². The molecule has 0 unspecified atom stereocenters. The molecule has 1 saturated heterocycles. The lowest BCUT2D eigenvalue weighted by atomic mass is 10.0. The summed E-state index contributed by atoms with van der Waals surface area (Å²) in [5.74, 6) is 0. The molecule has 1 heterocycles. The predicted molar refractivity (Wildman–Crippen MR) is 116 cm³/mol. The SMILES string of the molecule is Clc1ccc(C(O[C@@H]2CCN(Cc3ccccc3)C2)c2ccc(Cl)cc2)cc1. The van der Waals surface area contributed by atoms with Crippen molar-refractivity contribution in [2.45, 2.75) is 25.2 Å². The van der Waals surface area contributed by atoms with Crippen molar-refractivity contribution in [3.8, 4) is 0 Å². The lowest BCUT2D eigenvalue weighted by Gasteiger charge is -2.24. The number of benzene rings is 3. The van der Waals surface area contributed by atoms with Gasteiger partial charge in [-0.15, -0.1) is 0 Å². The minimum atomic E-state index is -0.129. The van der Waals surface area contributed by atoms with Crippen LogP contribution in [0.5, 0.6) is 0 Å². The summed E-state index contributed by atoms with van der Waals surface area (Å²) < 4.78 is 6.60. The molecule has 0 saturated carbocycles. The number of hydrogen-bond acceptors (Lipinski definition) is 2. The normalized spacial score (nSPS) is 17.3. The molecule has 1 fully saturated rings. The summed E-state index contributed by atoms with van der Waals surface area (Å²) in [5.41, 5.74) is 3.55. The van der Waals surface area contributed by atoms with Gasteiger partial charge in [0.05, 0.1) is 6.10 Å². The molecule has 0 spiro atoms. The smallest absolute Gasteiger partial charge is 0.108 e. The van der Waals surface area contributed by atoms with E-state index in [-0.39, 0.29) is 12.2 Å². The van der Waals surface area contributed by atoms with Crippen molar-refractivity contribution in [1.82, 2.24) is 4.90 Å². The molecule has 0 amide bonds. The first kappa shape index (κ1) is 19.5. The van der Waals surface area contributed by atoms with Gasteiger partial charge in [0.25, 0.3) is 0 Å². The molecule has 0 bridgehead atoms. The Hall–Kier alpha value is -1.84. The van der Waals surface area contributed by atoms with Gasteiger partial charge >= 0.3 is 0 Å². The Balaban J connectivity index is 1.48. The van der Waals surface area contributed by atoms with E-state index in [0.29, 0.717) is 0 Å². The van der Waals surface area contributed by atoms with E-state index in [1.54, 1.807) is 0 Å². The summed E-state index contributed by atoms with van der Waals surface area (Å²) in [6.45, 7) is 2.95. The molecule has 4 heteroatoms. The summed E-state index contributed by atoms with van der Waals surface area (Å²) in [6.07, 6.45) is 1.10. The molecule has 0 aromatic heterocycles. The monoisotopic (exact) mass is 411 g/mol. The van der Waals surface area contributed by atoms with Crippen LogP contribution in [0.3, 0.4) is 0 Å². The molecule has 3 aromatic carbocycles. The van der Waals surface area contributed by atoms with Crippen molar-refractivity contribution >= 4 is 23.2 Å². The van der Waals surface area contributed by atoms with E-state index in [1.165, 1.54) is 5.56 Å². The minimum absolute atomic E-state index is 0.129. The maximum Gasteiger partial charge on any atom is 0.108 e. The lowest BCUT2D eigenvalue weighted by Crippen LogP contribution is -2.24. The topological polar surface area (TPSA) is 12.5 Å². The molecule has 0 N–H and O–H groups in total. The second kappa shape index (κ2) is 9.11. The minimum Gasteiger partial charge on any atom is -0.364 e. The first-order valence-corrected chi connectivity index (χ1v) is 10.4. The van der Waals surface area contributed by atoms with Gasteiger partial charge in [-0.05, 0) is 47.4 Å². The third-order valence-corrected chi connectivity index (χ3v) is 5.66. The van der Waals surface area contributed by atoms with E-state index in [0.717, 1.165) is 47.2 Å². The number of ether oxygens (including phenoxy) is 1. The van der Waals surface area contributed by atoms with Gasteiger partial charge in [0.2, 0.25) is 0 Å². The van der Waals surface area contributed by atoms with Crippen LogP contribution in [0.15, 0.2) is 78.9 Å². The van der Waals surface area contributed by atoms with Gasteiger partial charge in [-0.1, -0.05) is 77.8 Å². The van der Waals surface area contributed by atoms with E-state index in [2.05, 4.69) is 35.2 Å². The highest BCUT2D eigenvalue weighted by molar-refractivity contribution is 6.30. The maximum absolute atomic E-state index is 6.60. The molecular formula is C24H23Cl2NO. The van der Waals surface area contributed by atoms with Crippen molar-refractivity contribution in [1.29, 1.82) is 0 Å². The van der Waals surface area contributed by atoms with Gasteiger partial charge in [-0.3, -0.25) is 4.90 Å². The predicted octanol–water partition coefficient (Wildman–Crippen LogP) is 6.37. The highest BCUT2D eigenvalue weighted by Crippen LogP contribution is 2.31. The van der Waals surface area contributed by atoms with Gasteiger partial charge < -0.3 is 4.74 Å². The van der Waals surface area contributed by atoms with Crippen molar-refractivity contribution in [2.24, 2.45) is 0 Å². The fraction of sp³-hybridized carbons (Fsp3) is 0.250. The fourth-order valence-electron chi connectivity index (χ4n) is 3.71. The molecule has 28 heavy (non-hydrogen) atoms. The van der Waals surface area contributed by atoms with Gasteiger partial charge in [-0.25, -0.2) is 0 Å². The molecule has 144 valence electrons. The lowest BCUT2D eigenvalue weighted by molar-refractivity contribution is 0.0139. The van der Waals surface area contributed by atoms with E-state index in [4.69, 9.17) is 27.9 Å². The molecule has 2 nitrogen and oxygen atoms in total. The van der Waals surface area contributed by atoms with Crippen LogP contribution < -0.4 is 0 Å². The molecule has 1 aliphatic rings. The molecule has 1 atom stereocenters. The van der Waals surface area contributed by atoms with Crippen LogP contribution in [-0.2, 0) is 11.3 Å². The average Bonchev–Trinajstić information content (AvgIpc) is 3.15. The third kappa shape index (κ3) is 4.95. The van der Waals surface area contributed by atoms with Crippen LogP contribution in [0.4, 0.5) is 0 Å². The molecule has 0 radical (unpaired) electrons. The van der Waals surface area contributed by atoms with Crippen molar-refractivity contribution in [3.05, 3.63) is 106 Å². The number of likely N-dealkylation sites (tertiary alicyclic amines) is 1. The third-order valence-electron chi connectivity index (χ3n) is 5.15.